The van der Waals surface area contributed by atoms with E-state index in [2.05, 4.69) is 116 Å². The molecule has 0 saturated heterocycles. The second kappa shape index (κ2) is 12.2. The van der Waals surface area contributed by atoms with Gasteiger partial charge in [-0.2, -0.15) is 0 Å². The molecule has 176 valence electrons. The summed E-state index contributed by atoms with van der Waals surface area (Å²) in [7, 11) is 0. The topological polar surface area (TPSA) is 0 Å². The van der Waals surface area contributed by atoms with Crippen molar-refractivity contribution < 1.29 is 0 Å². The van der Waals surface area contributed by atoms with Gasteiger partial charge in [-0.05, 0) is 0 Å². The van der Waals surface area contributed by atoms with Crippen molar-refractivity contribution in [3.05, 3.63) is 142 Å². The summed E-state index contributed by atoms with van der Waals surface area (Å²) in [6.45, 7) is 8.31. The molecule has 0 bridgehead atoms. The van der Waals surface area contributed by atoms with E-state index in [1.807, 2.05) is 48.5 Å². The Morgan fingerprint density at radius 3 is 0.703 bits per heavy atom. The third-order valence-electron chi connectivity index (χ3n) is 5.78. The van der Waals surface area contributed by atoms with Crippen molar-refractivity contribution in [2.24, 2.45) is 0 Å². The molecule has 37 heavy (non-hydrogen) atoms. The summed E-state index contributed by atoms with van der Waals surface area (Å²) in [6.07, 6.45) is 0. The van der Waals surface area contributed by atoms with Crippen molar-refractivity contribution >= 4 is 18.4 Å². The van der Waals surface area contributed by atoms with Crippen LogP contribution in [0.15, 0.2) is 97.1 Å². The summed E-state index contributed by atoms with van der Waals surface area (Å²) in [5, 5.41) is 0. The summed E-state index contributed by atoms with van der Waals surface area (Å²) in [5.41, 5.74) is 8.65. The molecule has 0 radical (unpaired) electrons. The predicted octanol–water partition coefficient (Wildman–Crippen LogP) is 7.03. The minimum absolute atomic E-state index is 0.957. The van der Waals surface area contributed by atoms with Crippen LogP contribution in [0.25, 0.3) is 0 Å². The molecule has 0 aliphatic carbocycles. The third-order valence-corrected chi connectivity index (χ3v) is 11.5. The molecule has 0 heterocycles. The molecule has 0 unspecified atom stereocenters. The van der Waals surface area contributed by atoms with E-state index < -0.39 is 18.4 Å². The Morgan fingerprint density at radius 2 is 0.514 bits per heavy atom. The fraction of sp³-hybridized carbons (Fsp3) is 0.111. The summed E-state index contributed by atoms with van der Waals surface area (Å²) in [6, 6.07) is 33.0. The number of benzene rings is 4. The monoisotopic (exact) mass is 580 g/mol. The van der Waals surface area contributed by atoms with E-state index in [0.29, 0.717) is 0 Å². The van der Waals surface area contributed by atoms with Gasteiger partial charge in [-0.1, -0.05) is 0 Å². The van der Waals surface area contributed by atoms with Crippen LogP contribution in [0.5, 0.6) is 0 Å². The first-order valence-electron chi connectivity index (χ1n) is 12.3. The maximum atomic E-state index is 3.55. The van der Waals surface area contributed by atoms with Gasteiger partial charge in [0.2, 0.25) is 0 Å². The molecular weight excluding hydrogens is 551 g/mol. The van der Waals surface area contributed by atoms with Gasteiger partial charge in [0.15, 0.2) is 0 Å². The van der Waals surface area contributed by atoms with Gasteiger partial charge in [0.05, 0.1) is 0 Å². The summed E-state index contributed by atoms with van der Waals surface area (Å²) >= 11 is -3.99. The van der Waals surface area contributed by atoms with Gasteiger partial charge in [-0.3, -0.25) is 0 Å². The molecule has 1 heteroatoms. The van der Waals surface area contributed by atoms with Gasteiger partial charge >= 0.3 is 227 Å². The molecule has 0 aliphatic heterocycles. The summed E-state index contributed by atoms with van der Waals surface area (Å²) in [4.78, 5) is 0. The zero-order valence-corrected chi connectivity index (χ0v) is 24.6. The fourth-order valence-electron chi connectivity index (χ4n) is 3.40. The van der Waals surface area contributed by atoms with Crippen LogP contribution in [-0.4, -0.2) is 18.4 Å². The molecule has 0 aromatic heterocycles. The van der Waals surface area contributed by atoms with E-state index in [0.717, 1.165) is 22.3 Å². The Hall–Kier alpha value is -4.08. The molecule has 0 atom stereocenters. The third kappa shape index (κ3) is 7.96. The van der Waals surface area contributed by atoms with Gasteiger partial charge in [0.1, 0.15) is 0 Å². The Kier molecular flexibility index (Phi) is 8.60. The van der Waals surface area contributed by atoms with E-state index in [9.17, 15) is 0 Å². The normalized spacial score (nSPS) is 9.84. The molecular formula is C36H28Sn. The molecule has 0 amide bonds. The molecule has 0 nitrogen and oxygen atoms in total. The van der Waals surface area contributed by atoms with Crippen molar-refractivity contribution in [3.8, 4) is 39.4 Å². The fourth-order valence-corrected chi connectivity index (χ4v) is 8.26. The molecule has 0 N–H and O–H groups in total. The second-order valence-electron chi connectivity index (χ2n) is 9.21. The molecule has 0 spiro atoms. The Balaban J connectivity index is 1.89. The van der Waals surface area contributed by atoms with Crippen molar-refractivity contribution in [1.82, 2.24) is 0 Å². The van der Waals surface area contributed by atoms with Crippen LogP contribution in [0.3, 0.4) is 0 Å². The first-order valence-corrected chi connectivity index (χ1v) is 18.0. The van der Waals surface area contributed by atoms with E-state index in [1.165, 1.54) is 22.3 Å². The molecule has 4 aromatic carbocycles. The van der Waals surface area contributed by atoms with Gasteiger partial charge in [0.25, 0.3) is 0 Å². The Bertz CT molecular complexity index is 1360. The Labute approximate surface area is 226 Å². The standard InChI is InChI=1S/4C9H7.Sn/c4*1-3-9-6-4-8(2)5-7-9;/h4*4-7H,2H3;. The van der Waals surface area contributed by atoms with Crippen LogP contribution < -0.4 is 0 Å². The van der Waals surface area contributed by atoms with Crippen LogP contribution >= 0.6 is 0 Å². The second-order valence-corrected chi connectivity index (χ2v) is 16.3. The van der Waals surface area contributed by atoms with Crippen molar-refractivity contribution in [2.45, 2.75) is 27.7 Å². The van der Waals surface area contributed by atoms with E-state index in [-0.39, 0.29) is 0 Å². The van der Waals surface area contributed by atoms with Gasteiger partial charge in [0, 0.05) is 0 Å². The van der Waals surface area contributed by atoms with Crippen LogP contribution in [0.2, 0.25) is 0 Å². The molecule has 0 saturated carbocycles. The molecule has 4 aromatic rings. The molecule has 0 fully saturated rings. The average Bonchev–Trinajstić information content (AvgIpc) is 2.91. The number of hydrogen-bond donors (Lipinski definition) is 0. The van der Waals surface area contributed by atoms with Gasteiger partial charge < -0.3 is 0 Å². The maximum absolute atomic E-state index is 3.99. The Morgan fingerprint density at radius 1 is 0.324 bits per heavy atom. The van der Waals surface area contributed by atoms with Crippen LogP contribution in [0, 0.1) is 67.1 Å². The zero-order chi connectivity index (χ0) is 26.1. The number of hydrogen-bond acceptors (Lipinski definition) is 0. The van der Waals surface area contributed by atoms with E-state index in [1.54, 1.807) is 0 Å². The van der Waals surface area contributed by atoms with Crippen LogP contribution in [0.1, 0.15) is 44.5 Å². The first-order chi connectivity index (χ1) is 17.9. The average molecular weight is 579 g/mol. The van der Waals surface area contributed by atoms with Gasteiger partial charge in [-0.15, -0.1) is 0 Å². The van der Waals surface area contributed by atoms with E-state index in [4.69, 9.17) is 0 Å². The van der Waals surface area contributed by atoms with Crippen molar-refractivity contribution in [3.63, 3.8) is 0 Å². The van der Waals surface area contributed by atoms with E-state index >= 15 is 0 Å². The van der Waals surface area contributed by atoms with Crippen molar-refractivity contribution in [1.29, 1.82) is 0 Å². The molecule has 4 rings (SSSR count). The van der Waals surface area contributed by atoms with Crippen molar-refractivity contribution in [2.75, 3.05) is 0 Å². The molecule has 0 aliphatic rings. The first kappa shape index (κ1) is 26.0. The van der Waals surface area contributed by atoms with Crippen LogP contribution in [-0.2, 0) is 0 Å². The SMILES string of the molecule is Cc1ccc(C#[C][Sn]([C]#Cc2ccc(C)cc2)([C]#Cc2ccc(C)cc2)[C]#Cc2ccc(C)cc2)cc1. The van der Waals surface area contributed by atoms with Crippen LogP contribution in [0.4, 0.5) is 0 Å². The number of aryl methyl sites for hydroxylation is 4. The number of rotatable bonds is 0. The van der Waals surface area contributed by atoms with Gasteiger partial charge in [-0.25, -0.2) is 0 Å². The zero-order valence-electron chi connectivity index (χ0n) is 21.7. The summed E-state index contributed by atoms with van der Waals surface area (Å²) in [5.74, 6) is 13.5. The summed E-state index contributed by atoms with van der Waals surface area (Å²) < 4.78 is 14.2. The predicted molar refractivity (Wildman–Crippen MR) is 158 cm³/mol. The minimum atomic E-state index is -3.99. The quantitative estimate of drug-likeness (QED) is 0.155.